The molecular weight excluding hydrogens is 439 g/mol. The number of anilines is 1. The van der Waals surface area contributed by atoms with E-state index in [0.717, 1.165) is 15.6 Å². The van der Waals surface area contributed by atoms with Gasteiger partial charge in [0.2, 0.25) is 5.82 Å². The first kappa shape index (κ1) is 18.9. The summed E-state index contributed by atoms with van der Waals surface area (Å²) in [5, 5.41) is 6.71. The van der Waals surface area contributed by atoms with Crippen LogP contribution in [0.25, 0.3) is 22.8 Å². The van der Waals surface area contributed by atoms with Gasteiger partial charge in [-0.25, -0.2) is 4.39 Å². The molecule has 0 saturated carbocycles. The molecule has 0 fully saturated rings. The first-order chi connectivity index (χ1) is 14.0. The van der Waals surface area contributed by atoms with Gasteiger partial charge in [0, 0.05) is 28.1 Å². The molecule has 0 bridgehead atoms. The van der Waals surface area contributed by atoms with Gasteiger partial charge >= 0.3 is 0 Å². The summed E-state index contributed by atoms with van der Waals surface area (Å²) in [5.41, 5.74) is 2.76. The van der Waals surface area contributed by atoms with Crippen molar-refractivity contribution in [3.63, 3.8) is 0 Å². The molecule has 2 aromatic carbocycles. The van der Waals surface area contributed by atoms with E-state index >= 15 is 0 Å². The molecule has 0 spiro atoms. The molecule has 0 aliphatic rings. The number of carbonyl (C=O) groups excluding carboxylic acids is 1. The number of hydrogen-bond donors (Lipinski definition) is 1. The van der Waals surface area contributed by atoms with Gasteiger partial charge in [-0.3, -0.25) is 9.78 Å². The van der Waals surface area contributed by atoms with Gasteiger partial charge in [0.1, 0.15) is 5.82 Å². The van der Waals surface area contributed by atoms with Crippen LogP contribution in [-0.4, -0.2) is 21.0 Å². The van der Waals surface area contributed by atoms with Crippen molar-refractivity contribution in [3.8, 4) is 22.8 Å². The molecule has 0 radical (unpaired) electrons. The minimum Gasteiger partial charge on any atom is -0.334 e. The molecule has 0 unspecified atom stereocenters. The molecule has 0 saturated heterocycles. The van der Waals surface area contributed by atoms with Crippen LogP contribution in [0.3, 0.4) is 0 Å². The number of rotatable bonds is 4. The third-order valence-corrected chi connectivity index (χ3v) is 5.11. The molecule has 29 heavy (non-hydrogen) atoms. The fraction of sp³-hybridized carbons (Fsp3) is 0.0476. The van der Waals surface area contributed by atoms with E-state index in [9.17, 15) is 9.18 Å². The van der Waals surface area contributed by atoms with Crippen molar-refractivity contribution in [2.45, 2.75) is 6.92 Å². The van der Waals surface area contributed by atoms with E-state index in [1.165, 1.54) is 18.2 Å². The van der Waals surface area contributed by atoms with Gasteiger partial charge in [-0.2, -0.15) is 4.98 Å². The van der Waals surface area contributed by atoms with Gasteiger partial charge in [-0.15, -0.1) is 0 Å². The summed E-state index contributed by atoms with van der Waals surface area (Å²) in [6.45, 7) is 1.92. The number of carbonyl (C=O) groups is 1. The summed E-state index contributed by atoms with van der Waals surface area (Å²) < 4.78 is 20.0. The zero-order chi connectivity index (χ0) is 20.4. The Bertz CT molecular complexity index is 1210. The Hall–Kier alpha value is -3.39. The van der Waals surface area contributed by atoms with Gasteiger partial charge < -0.3 is 9.84 Å². The van der Waals surface area contributed by atoms with Gasteiger partial charge in [0.05, 0.1) is 11.1 Å². The first-order valence-electron chi connectivity index (χ1n) is 8.63. The van der Waals surface area contributed by atoms with Crippen LogP contribution < -0.4 is 5.32 Å². The van der Waals surface area contributed by atoms with Crippen LogP contribution in [-0.2, 0) is 0 Å². The van der Waals surface area contributed by atoms with Crippen LogP contribution >= 0.6 is 15.9 Å². The molecule has 0 aliphatic heterocycles. The topological polar surface area (TPSA) is 80.9 Å². The van der Waals surface area contributed by atoms with Gasteiger partial charge in [0.25, 0.3) is 11.8 Å². The molecule has 0 atom stereocenters. The lowest BCUT2D eigenvalue weighted by Gasteiger charge is -2.07. The Balaban J connectivity index is 1.60. The zero-order valence-corrected chi connectivity index (χ0v) is 16.8. The maximum atomic E-state index is 13.8. The van der Waals surface area contributed by atoms with Crippen LogP contribution in [0.5, 0.6) is 0 Å². The standard InChI is InChI=1S/C21H14BrFN4O2/c1-12-16(10-24-11-17(12)22)21-26-19(27-29-21)13-5-4-6-14(9-13)25-20(28)15-7-2-3-8-18(15)23/h2-11H,1H3,(H,25,28). The van der Waals surface area contributed by atoms with E-state index in [2.05, 4.69) is 36.4 Å². The van der Waals surface area contributed by atoms with Crippen LogP contribution in [0.2, 0.25) is 0 Å². The Morgan fingerprint density at radius 3 is 2.79 bits per heavy atom. The average molecular weight is 453 g/mol. The average Bonchev–Trinajstić information content (AvgIpc) is 3.20. The summed E-state index contributed by atoms with van der Waals surface area (Å²) >= 11 is 3.43. The molecule has 6 nitrogen and oxygen atoms in total. The second-order valence-corrected chi connectivity index (χ2v) is 7.09. The summed E-state index contributed by atoms with van der Waals surface area (Å²) in [6.07, 6.45) is 3.35. The van der Waals surface area contributed by atoms with Crippen molar-refractivity contribution in [1.82, 2.24) is 15.1 Å². The molecule has 8 heteroatoms. The van der Waals surface area contributed by atoms with Crippen LogP contribution in [0.4, 0.5) is 10.1 Å². The molecule has 0 aliphatic carbocycles. The Labute approximate surface area is 173 Å². The molecule has 4 aromatic rings. The molecular formula is C21H14BrFN4O2. The number of amides is 1. The zero-order valence-electron chi connectivity index (χ0n) is 15.2. The maximum absolute atomic E-state index is 13.8. The molecule has 4 rings (SSSR count). The van der Waals surface area contributed by atoms with E-state index in [-0.39, 0.29) is 5.56 Å². The number of pyridine rings is 1. The van der Waals surface area contributed by atoms with Crippen LogP contribution in [0, 0.1) is 12.7 Å². The lowest BCUT2D eigenvalue weighted by molar-refractivity contribution is 0.102. The lowest BCUT2D eigenvalue weighted by atomic mass is 10.1. The fourth-order valence-corrected chi connectivity index (χ4v) is 3.08. The predicted octanol–water partition coefficient (Wildman–Crippen LogP) is 5.26. The van der Waals surface area contributed by atoms with Crippen molar-refractivity contribution in [2.24, 2.45) is 0 Å². The van der Waals surface area contributed by atoms with Gasteiger partial charge in [-0.1, -0.05) is 29.4 Å². The number of benzene rings is 2. The van der Waals surface area contributed by atoms with E-state index in [4.69, 9.17) is 4.52 Å². The summed E-state index contributed by atoms with van der Waals surface area (Å²) in [4.78, 5) is 20.9. The number of nitrogens with zero attached hydrogens (tertiary/aromatic N) is 3. The number of nitrogens with one attached hydrogen (secondary N) is 1. The van der Waals surface area contributed by atoms with Crippen molar-refractivity contribution < 1.29 is 13.7 Å². The third kappa shape index (κ3) is 3.93. The first-order valence-corrected chi connectivity index (χ1v) is 9.43. The van der Waals surface area contributed by atoms with E-state index in [0.29, 0.717) is 23.0 Å². The largest absolute Gasteiger partial charge is 0.334 e. The summed E-state index contributed by atoms with van der Waals surface area (Å²) in [6, 6.07) is 12.7. The van der Waals surface area contributed by atoms with E-state index in [1.54, 1.807) is 42.7 Å². The minimum atomic E-state index is -0.582. The molecule has 2 heterocycles. The van der Waals surface area contributed by atoms with Crippen molar-refractivity contribution in [1.29, 1.82) is 0 Å². The third-order valence-electron chi connectivity index (χ3n) is 4.31. The highest BCUT2D eigenvalue weighted by molar-refractivity contribution is 9.10. The second kappa shape index (κ2) is 7.92. The maximum Gasteiger partial charge on any atom is 0.260 e. The molecule has 2 aromatic heterocycles. The number of halogens is 2. The highest BCUT2D eigenvalue weighted by atomic mass is 79.9. The van der Waals surface area contributed by atoms with Crippen LogP contribution in [0.1, 0.15) is 15.9 Å². The monoisotopic (exact) mass is 452 g/mol. The fourth-order valence-electron chi connectivity index (χ4n) is 2.75. The van der Waals surface area contributed by atoms with Crippen molar-refractivity contribution in [2.75, 3.05) is 5.32 Å². The highest BCUT2D eigenvalue weighted by Gasteiger charge is 2.16. The van der Waals surface area contributed by atoms with Crippen molar-refractivity contribution >= 4 is 27.5 Å². The molecule has 1 N–H and O–H groups in total. The number of aromatic nitrogens is 3. The summed E-state index contributed by atoms with van der Waals surface area (Å²) in [7, 11) is 0. The van der Waals surface area contributed by atoms with Gasteiger partial charge in [0.15, 0.2) is 0 Å². The number of hydrogen-bond acceptors (Lipinski definition) is 5. The SMILES string of the molecule is Cc1c(Br)cncc1-c1nc(-c2cccc(NC(=O)c3ccccc3F)c2)no1. The highest BCUT2D eigenvalue weighted by Crippen LogP contribution is 2.28. The van der Waals surface area contributed by atoms with Crippen molar-refractivity contribution in [3.05, 3.63) is 82.3 Å². The Morgan fingerprint density at radius 2 is 1.97 bits per heavy atom. The predicted molar refractivity (Wildman–Crippen MR) is 110 cm³/mol. The lowest BCUT2D eigenvalue weighted by Crippen LogP contribution is -2.13. The Kier molecular flexibility index (Phi) is 5.18. The van der Waals surface area contributed by atoms with Gasteiger partial charge in [-0.05, 0) is 52.7 Å². The molecule has 1 amide bonds. The second-order valence-electron chi connectivity index (χ2n) is 6.23. The minimum absolute atomic E-state index is 0.0302. The van der Waals surface area contributed by atoms with Crippen LogP contribution in [0.15, 0.2) is 69.9 Å². The van der Waals surface area contributed by atoms with E-state index < -0.39 is 11.7 Å². The molecule has 144 valence electrons. The quantitative estimate of drug-likeness (QED) is 0.456. The summed E-state index contributed by atoms with van der Waals surface area (Å²) in [5.74, 6) is -0.416. The Morgan fingerprint density at radius 1 is 1.14 bits per heavy atom. The smallest absolute Gasteiger partial charge is 0.260 e. The normalized spacial score (nSPS) is 10.7. The van der Waals surface area contributed by atoms with E-state index in [1.807, 2.05) is 6.92 Å².